The van der Waals surface area contributed by atoms with Crippen LogP contribution in [0.3, 0.4) is 0 Å². The number of hydrogen-bond donors (Lipinski definition) is 2. The maximum Gasteiger partial charge on any atom is 0.326 e. The topological polar surface area (TPSA) is 99.6 Å². The second kappa shape index (κ2) is 5.54. The average Bonchev–Trinajstić information content (AvgIpc) is 2.99. The van der Waals surface area contributed by atoms with E-state index in [1.165, 1.54) is 19.3 Å². The molecule has 8 heteroatoms. The molecule has 0 aliphatic carbocycles. The van der Waals surface area contributed by atoms with Gasteiger partial charge in [-0.1, -0.05) is 18.2 Å². The van der Waals surface area contributed by atoms with Crippen LogP contribution in [0.5, 0.6) is 0 Å². The van der Waals surface area contributed by atoms with Crippen molar-refractivity contribution in [2.45, 2.75) is 17.5 Å². The number of pyridine rings is 1. The Bertz CT molecular complexity index is 852. The molecule has 1 unspecified atom stereocenters. The number of carboxylic acids is 1. The molecule has 1 aliphatic rings. The number of carbonyl (C=O) groups is 1. The van der Waals surface area contributed by atoms with Crippen LogP contribution in [0.1, 0.15) is 5.56 Å². The molecule has 2 N–H and O–H groups in total. The minimum absolute atomic E-state index is 0.0621. The zero-order valence-electron chi connectivity index (χ0n) is 12.3. The monoisotopic (exact) mass is 333 g/mol. The summed E-state index contributed by atoms with van der Waals surface area (Å²) in [5.74, 6) is -0.970. The van der Waals surface area contributed by atoms with Gasteiger partial charge in [-0.2, -0.15) is 8.42 Å². The van der Waals surface area contributed by atoms with E-state index in [2.05, 4.69) is 10.3 Å². The molecule has 3 rings (SSSR count). The maximum atomic E-state index is 12.7. The standard InChI is InChI=1S/C15H15N3O4S/c1-18(23(21,22)13-7-2-3-8-16-13)12-6-4-5-10-9-11(15(19)20)17-14(10)12/h2-8,11,17H,9H2,1H3,(H,19,20). The number of sulfonamides is 1. The summed E-state index contributed by atoms with van der Waals surface area (Å²) >= 11 is 0. The summed E-state index contributed by atoms with van der Waals surface area (Å²) in [6.07, 6.45) is 1.73. The third-order valence-electron chi connectivity index (χ3n) is 3.77. The van der Waals surface area contributed by atoms with Crippen LogP contribution in [0, 0.1) is 0 Å². The van der Waals surface area contributed by atoms with E-state index in [0.717, 1.165) is 9.87 Å². The van der Waals surface area contributed by atoms with Crippen molar-refractivity contribution < 1.29 is 18.3 Å². The summed E-state index contributed by atoms with van der Waals surface area (Å²) in [6.45, 7) is 0. The third-order valence-corrected chi connectivity index (χ3v) is 5.46. The molecule has 7 nitrogen and oxygen atoms in total. The minimum Gasteiger partial charge on any atom is -0.480 e. The molecule has 0 amide bonds. The van der Waals surface area contributed by atoms with Crippen LogP contribution in [0.25, 0.3) is 0 Å². The number of hydrogen-bond acceptors (Lipinski definition) is 5. The highest BCUT2D eigenvalue weighted by Crippen LogP contribution is 2.37. The fourth-order valence-electron chi connectivity index (χ4n) is 2.55. The number of nitrogens with one attached hydrogen (secondary N) is 1. The molecule has 0 saturated heterocycles. The Morgan fingerprint density at radius 2 is 2.09 bits per heavy atom. The Morgan fingerprint density at radius 1 is 1.30 bits per heavy atom. The molecule has 23 heavy (non-hydrogen) atoms. The van der Waals surface area contributed by atoms with Crippen molar-refractivity contribution in [3.05, 3.63) is 48.2 Å². The van der Waals surface area contributed by atoms with Gasteiger partial charge in [-0.25, -0.2) is 9.78 Å². The number of anilines is 2. The summed E-state index contributed by atoms with van der Waals surface area (Å²) < 4.78 is 26.5. The summed E-state index contributed by atoms with van der Waals surface area (Å²) in [5.41, 5.74) is 1.71. The Hall–Kier alpha value is -2.61. The first kappa shape index (κ1) is 15.3. The van der Waals surface area contributed by atoms with Gasteiger partial charge in [-0.3, -0.25) is 4.31 Å². The van der Waals surface area contributed by atoms with Crippen molar-refractivity contribution in [2.24, 2.45) is 0 Å². The molecule has 1 aromatic heterocycles. The van der Waals surface area contributed by atoms with Gasteiger partial charge in [0.05, 0.1) is 11.4 Å². The third kappa shape index (κ3) is 2.61. The minimum atomic E-state index is -3.82. The smallest absolute Gasteiger partial charge is 0.326 e. The van der Waals surface area contributed by atoms with E-state index in [1.54, 1.807) is 30.3 Å². The normalized spacial score (nSPS) is 16.5. The molecule has 0 spiro atoms. The maximum absolute atomic E-state index is 12.7. The largest absolute Gasteiger partial charge is 0.480 e. The van der Waals surface area contributed by atoms with Gasteiger partial charge in [-0.15, -0.1) is 0 Å². The summed E-state index contributed by atoms with van der Waals surface area (Å²) in [7, 11) is -2.39. The van der Waals surface area contributed by atoms with E-state index in [4.69, 9.17) is 5.11 Å². The van der Waals surface area contributed by atoms with E-state index < -0.39 is 22.0 Å². The molecule has 0 radical (unpaired) electrons. The first-order chi connectivity index (χ1) is 10.9. The summed E-state index contributed by atoms with van der Waals surface area (Å²) in [4.78, 5) is 15.1. The number of aliphatic carboxylic acids is 1. The van der Waals surface area contributed by atoms with Crippen molar-refractivity contribution in [1.29, 1.82) is 0 Å². The highest BCUT2D eigenvalue weighted by Gasteiger charge is 2.31. The fraction of sp³-hybridized carbons (Fsp3) is 0.200. The van der Waals surface area contributed by atoms with Gasteiger partial charge in [0.1, 0.15) is 6.04 Å². The zero-order chi connectivity index (χ0) is 16.6. The average molecular weight is 333 g/mol. The number of fused-ring (bicyclic) bond motifs is 1. The first-order valence-corrected chi connectivity index (χ1v) is 8.36. The molecule has 120 valence electrons. The van der Waals surface area contributed by atoms with Crippen LogP contribution in [0.2, 0.25) is 0 Å². The van der Waals surface area contributed by atoms with Gasteiger partial charge < -0.3 is 10.4 Å². The summed E-state index contributed by atoms with van der Waals surface area (Å²) in [5, 5.41) is 12.0. The lowest BCUT2D eigenvalue weighted by Crippen LogP contribution is -2.29. The number of nitrogens with zero attached hydrogens (tertiary/aromatic N) is 2. The molecule has 1 aliphatic heterocycles. The Labute approximate surface area is 133 Å². The molecule has 2 aromatic rings. The number of para-hydroxylation sites is 1. The van der Waals surface area contributed by atoms with Crippen LogP contribution in [-0.4, -0.2) is 37.6 Å². The molecule has 0 saturated carbocycles. The number of aromatic nitrogens is 1. The van der Waals surface area contributed by atoms with Crippen LogP contribution < -0.4 is 9.62 Å². The lowest BCUT2D eigenvalue weighted by molar-refractivity contribution is -0.137. The molecule has 1 aromatic carbocycles. The fourth-order valence-corrected chi connectivity index (χ4v) is 3.69. The number of rotatable bonds is 4. The summed E-state index contributed by atoms with van der Waals surface area (Å²) in [6, 6.07) is 9.04. The first-order valence-electron chi connectivity index (χ1n) is 6.92. The number of carboxylic acid groups (broad SMARTS) is 1. The van der Waals surface area contributed by atoms with Gasteiger partial charge in [0.2, 0.25) is 0 Å². The predicted molar refractivity (Wildman–Crippen MR) is 85.0 cm³/mol. The lowest BCUT2D eigenvalue weighted by atomic mass is 10.1. The van der Waals surface area contributed by atoms with Crippen LogP contribution >= 0.6 is 0 Å². The Kier molecular flexibility index (Phi) is 3.69. The molecular weight excluding hydrogens is 318 g/mol. The van der Waals surface area contributed by atoms with Crippen molar-refractivity contribution in [1.82, 2.24) is 4.98 Å². The van der Waals surface area contributed by atoms with Crippen molar-refractivity contribution in [2.75, 3.05) is 16.7 Å². The molecular formula is C15H15N3O4S. The highest BCUT2D eigenvalue weighted by molar-refractivity contribution is 7.92. The van der Waals surface area contributed by atoms with Crippen LogP contribution in [0.4, 0.5) is 11.4 Å². The van der Waals surface area contributed by atoms with Crippen molar-refractivity contribution in [3.8, 4) is 0 Å². The molecule has 1 atom stereocenters. The van der Waals surface area contributed by atoms with E-state index in [1.807, 2.05) is 0 Å². The van der Waals surface area contributed by atoms with Gasteiger partial charge >= 0.3 is 5.97 Å². The van der Waals surface area contributed by atoms with Gasteiger partial charge in [0.25, 0.3) is 10.0 Å². The van der Waals surface area contributed by atoms with E-state index in [-0.39, 0.29) is 5.03 Å². The Morgan fingerprint density at radius 3 is 2.74 bits per heavy atom. The molecule has 0 bridgehead atoms. The van der Waals surface area contributed by atoms with Crippen molar-refractivity contribution in [3.63, 3.8) is 0 Å². The zero-order valence-corrected chi connectivity index (χ0v) is 13.1. The quantitative estimate of drug-likeness (QED) is 0.875. The van der Waals surface area contributed by atoms with Gasteiger partial charge in [-0.05, 0) is 23.8 Å². The lowest BCUT2D eigenvalue weighted by Gasteiger charge is -2.21. The highest BCUT2D eigenvalue weighted by atomic mass is 32.2. The van der Waals surface area contributed by atoms with E-state index in [0.29, 0.717) is 17.8 Å². The van der Waals surface area contributed by atoms with Crippen LogP contribution in [0.15, 0.2) is 47.6 Å². The van der Waals surface area contributed by atoms with E-state index >= 15 is 0 Å². The van der Waals surface area contributed by atoms with Crippen LogP contribution in [-0.2, 0) is 21.2 Å². The second-order valence-corrected chi connectivity index (χ2v) is 7.11. The van der Waals surface area contributed by atoms with Crippen molar-refractivity contribution >= 4 is 27.4 Å². The number of benzene rings is 1. The second-order valence-electron chi connectivity index (χ2n) is 5.19. The molecule has 2 heterocycles. The van der Waals surface area contributed by atoms with E-state index in [9.17, 15) is 13.2 Å². The van der Waals surface area contributed by atoms with Gasteiger partial charge in [0, 0.05) is 19.7 Å². The SMILES string of the molecule is CN(c1cccc2c1NC(C(=O)O)C2)S(=O)(=O)c1ccccn1. The Balaban J connectivity index is 2.01. The molecule has 0 fully saturated rings. The van der Waals surface area contributed by atoms with Gasteiger partial charge in [0.15, 0.2) is 5.03 Å². The predicted octanol–water partition coefficient (Wildman–Crippen LogP) is 1.33.